The van der Waals surface area contributed by atoms with Gasteiger partial charge in [0.15, 0.2) is 9.84 Å². The van der Waals surface area contributed by atoms with Gasteiger partial charge < -0.3 is 4.90 Å². The number of rotatable bonds is 8. The SMILES string of the molecule is CCN(CC)S(=O)(=O)c1ccc(SCC(=O)N2CCN(C3CCS(=O)(=O)C3)CC2)nc1. The monoisotopic (exact) mass is 490 g/mol. The molecule has 174 valence electrons. The molecule has 0 saturated carbocycles. The summed E-state index contributed by atoms with van der Waals surface area (Å²) in [6.45, 7) is 6.93. The lowest BCUT2D eigenvalue weighted by atomic mass is 10.2. The number of hydrogen-bond acceptors (Lipinski definition) is 8. The minimum Gasteiger partial charge on any atom is -0.339 e. The fourth-order valence-electron chi connectivity index (χ4n) is 3.94. The molecule has 0 N–H and O–H groups in total. The topological polar surface area (TPSA) is 108 Å². The fraction of sp³-hybridized carbons (Fsp3) is 0.684. The molecule has 31 heavy (non-hydrogen) atoms. The molecule has 3 rings (SSSR count). The first-order valence-corrected chi connectivity index (χ1v) is 14.7. The van der Waals surface area contributed by atoms with Crippen molar-refractivity contribution in [3.05, 3.63) is 18.3 Å². The van der Waals surface area contributed by atoms with Crippen molar-refractivity contribution in [3.63, 3.8) is 0 Å². The maximum absolute atomic E-state index is 12.6. The number of nitrogens with zero attached hydrogens (tertiary/aromatic N) is 4. The number of aromatic nitrogens is 1. The molecule has 0 radical (unpaired) electrons. The van der Waals surface area contributed by atoms with E-state index in [1.165, 1.54) is 28.3 Å². The quantitative estimate of drug-likeness (QED) is 0.486. The van der Waals surface area contributed by atoms with E-state index in [0.29, 0.717) is 50.7 Å². The summed E-state index contributed by atoms with van der Waals surface area (Å²) < 4.78 is 49.8. The normalized spacial score (nSPS) is 22.2. The van der Waals surface area contributed by atoms with Crippen molar-refractivity contribution < 1.29 is 21.6 Å². The Kier molecular flexibility index (Phi) is 8.00. The smallest absolute Gasteiger partial charge is 0.244 e. The van der Waals surface area contributed by atoms with Gasteiger partial charge in [-0.2, -0.15) is 4.31 Å². The second-order valence-electron chi connectivity index (χ2n) is 7.68. The van der Waals surface area contributed by atoms with Crippen LogP contribution in [0.5, 0.6) is 0 Å². The Balaban J connectivity index is 1.48. The zero-order chi connectivity index (χ0) is 22.6. The Morgan fingerprint density at radius 1 is 1.19 bits per heavy atom. The number of amides is 1. The largest absolute Gasteiger partial charge is 0.339 e. The van der Waals surface area contributed by atoms with E-state index in [0.717, 1.165) is 0 Å². The van der Waals surface area contributed by atoms with Gasteiger partial charge in [0, 0.05) is 51.5 Å². The first-order chi connectivity index (χ1) is 14.7. The highest BCUT2D eigenvalue weighted by Gasteiger charge is 2.34. The Bertz CT molecular complexity index is 970. The van der Waals surface area contributed by atoms with E-state index in [2.05, 4.69) is 9.88 Å². The highest BCUT2D eigenvalue weighted by atomic mass is 32.2. The number of sulfonamides is 1. The van der Waals surface area contributed by atoms with E-state index in [9.17, 15) is 21.6 Å². The Morgan fingerprint density at radius 2 is 1.87 bits per heavy atom. The minimum absolute atomic E-state index is 0.00494. The summed E-state index contributed by atoms with van der Waals surface area (Å²) in [4.78, 5) is 20.9. The van der Waals surface area contributed by atoms with Crippen LogP contribution in [-0.2, 0) is 24.7 Å². The Labute approximate surface area is 189 Å². The third-order valence-corrected chi connectivity index (χ3v) is 10.5. The van der Waals surface area contributed by atoms with Crippen molar-refractivity contribution in [2.45, 2.75) is 36.2 Å². The standard InChI is InChI=1S/C19H30N4O5S3/c1-3-23(4-2)31(27,28)17-5-6-18(20-13-17)29-14-19(24)22-10-8-21(9-11-22)16-7-12-30(25,26)15-16/h5-6,13,16H,3-4,7-12,14-15H2,1-2H3. The fourth-order valence-corrected chi connectivity index (χ4v) is 7.86. The van der Waals surface area contributed by atoms with Gasteiger partial charge in [-0.25, -0.2) is 21.8 Å². The molecular weight excluding hydrogens is 460 g/mol. The molecule has 0 bridgehead atoms. The molecule has 2 aliphatic rings. The van der Waals surface area contributed by atoms with Gasteiger partial charge in [-0.1, -0.05) is 25.6 Å². The van der Waals surface area contributed by atoms with Crippen LogP contribution in [0, 0.1) is 0 Å². The summed E-state index contributed by atoms with van der Waals surface area (Å²) in [5.74, 6) is 0.718. The van der Waals surface area contributed by atoms with Crippen LogP contribution >= 0.6 is 11.8 Å². The van der Waals surface area contributed by atoms with E-state index in [1.807, 2.05) is 0 Å². The van der Waals surface area contributed by atoms with Gasteiger partial charge in [-0.3, -0.25) is 9.69 Å². The number of hydrogen-bond donors (Lipinski definition) is 0. The van der Waals surface area contributed by atoms with Crippen molar-refractivity contribution in [3.8, 4) is 0 Å². The number of thioether (sulfide) groups is 1. The van der Waals surface area contributed by atoms with E-state index in [1.54, 1.807) is 24.8 Å². The maximum Gasteiger partial charge on any atom is 0.244 e. The predicted octanol–water partition coefficient (Wildman–Crippen LogP) is 0.536. The molecule has 1 aromatic rings. The summed E-state index contributed by atoms with van der Waals surface area (Å²) in [5.41, 5.74) is 0. The lowest BCUT2D eigenvalue weighted by Crippen LogP contribution is -2.52. The van der Waals surface area contributed by atoms with Gasteiger partial charge in [0.1, 0.15) is 4.90 Å². The number of pyridine rings is 1. The zero-order valence-corrected chi connectivity index (χ0v) is 20.4. The number of carbonyl (C=O) groups excluding carboxylic acids is 1. The van der Waals surface area contributed by atoms with E-state index in [-0.39, 0.29) is 34.1 Å². The molecular formula is C19H30N4O5S3. The van der Waals surface area contributed by atoms with Crippen LogP contribution < -0.4 is 0 Å². The lowest BCUT2D eigenvalue weighted by Gasteiger charge is -2.37. The predicted molar refractivity (Wildman–Crippen MR) is 120 cm³/mol. The molecule has 1 aromatic heterocycles. The molecule has 2 aliphatic heterocycles. The van der Waals surface area contributed by atoms with Gasteiger partial charge in [0.2, 0.25) is 15.9 Å². The van der Waals surface area contributed by atoms with Crippen LogP contribution in [0.2, 0.25) is 0 Å². The highest BCUT2D eigenvalue weighted by molar-refractivity contribution is 7.99. The number of sulfone groups is 1. The molecule has 1 amide bonds. The Hall–Kier alpha value is -1.21. The first kappa shape index (κ1) is 24.4. The van der Waals surface area contributed by atoms with Gasteiger partial charge in [-0.15, -0.1) is 0 Å². The van der Waals surface area contributed by atoms with E-state index in [4.69, 9.17) is 0 Å². The number of carbonyl (C=O) groups is 1. The second-order valence-corrected chi connectivity index (χ2v) is 12.8. The summed E-state index contributed by atoms with van der Waals surface area (Å²) >= 11 is 1.28. The summed E-state index contributed by atoms with van der Waals surface area (Å²) in [7, 11) is -6.45. The molecule has 12 heteroatoms. The summed E-state index contributed by atoms with van der Waals surface area (Å²) in [5, 5.41) is 0.599. The molecule has 0 aromatic carbocycles. The van der Waals surface area contributed by atoms with Crippen molar-refractivity contribution in [2.24, 2.45) is 0 Å². The minimum atomic E-state index is -3.54. The van der Waals surface area contributed by atoms with Gasteiger partial charge in [-0.05, 0) is 18.6 Å². The molecule has 2 fully saturated rings. The van der Waals surface area contributed by atoms with Gasteiger partial charge in [0.25, 0.3) is 0 Å². The van der Waals surface area contributed by atoms with Crippen LogP contribution in [0.25, 0.3) is 0 Å². The van der Waals surface area contributed by atoms with Crippen LogP contribution in [0.1, 0.15) is 20.3 Å². The highest BCUT2D eigenvalue weighted by Crippen LogP contribution is 2.22. The summed E-state index contributed by atoms with van der Waals surface area (Å²) in [6.07, 6.45) is 2.02. The second kappa shape index (κ2) is 10.2. The van der Waals surface area contributed by atoms with Crippen molar-refractivity contribution in [1.82, 2.24) is 19.1 Å². The maximum atomic E-state index is 12.6. The average Bonchev–Trinajstić information content (AvgIpc) is 3.13. The van der Waals surface area contributed by atoms with Crippen molar-refractivity contribution in [2.75, 3.05) is 56.5 Å². The average molecular weight is 491 g/mol. The van der Waals surface area contributed by atoms with E-state index >= 15 is 0 Å². The van der Waals surface area contributed by atoms with Gasteiger partial charge in [0.05, 0.1) is 22.3 Å². The third kappa shape index (κ3) is 5.98. The van der Waals surface area contributed by atoms with Gasteiger partial charge >= 0.3 is 0 Å². The molecule has 3 heterocycles. The lowest BCUT2D eigenvalue weighted by molar-refractivity contribution is -0.130. The molecule has 0 aliphatic carbocycles. The molecule has 0 spiro atoms. The molecule has 1 unspecified atom stereocenters. The number of piperazine rings is 1. The van der Waals surface area contributed by atoms with Crippen LogP contribution in [0.15, 0.2) is 28.3 Å². The molecule has 9 nitrogen and oxygen atoms in total. The third-order valence-electron chi connectivity index (χ3n) is 5.79. The van der Waals surface area contributed by atoms with Crippen molar-refractivity contribution in [1.29, 1.82) is 0 Å². The zero-order valence-electron chi connectivity index (χ0n) is 17.9. The molecule has 1 atom stereocenters. The molecule has 2 saturated heterocycles. The van der Waals surface area contributed by atoms with Crippen LogP contribution in [0.3, 0.4) is 0 Å². The van der Waals surface area contributed by atoms with Crippen LogP contribution in [0.4, 0.5) is 0 Å². The first-order valence-electron chi connectivity index (χ1n) is 10.5. The van der Waals surface area contributed by atoms with E-state index < -0.39 is 19.9 Å². The summed E-state index contributed by atoms with van der Waals surface area (Å²) in [6, 6.07) is 3.24. The van der Waals surface area contributed by atoms with Crippen molar-refractivity contribution >= 4 is 37.5 Å². The van der Waals surface area contributed by atoms with Crippen LogP contribution in [-0.4, -0.2) is 104 Å². The Morgan fingerprint density at radius 3 is 2.39 bits per heavy atom.